The molecule has 0 amide bonds. The highest BCUT2D eigenvalue weighted by molar-refractivity contribution is 5.88. The number of aliphatic carboxylic acids is 1. The standard InChI is InChI=1S/C16H24O5/c1-11(17)8-9-13-12(14(18)10-15(13)19)6-4-2-3-5-7-16(20)21/h8-9,12-13,15,19H,2-7,10H2,1H3,(H,20,21)/b9-8+/t12-,13+,15+/m0/s1. The lowest BCUT2D eigenvalue weighted by molar-refractivity contribution is -0.137. The van der Waals surface area contributed by atoms with Crippen molar-refractivity contribution in [1.29, 1.82) is 0 Å². The van der Waals surface area contributed by atoms with Gasteiger partial charge in [-0.05, 0) is 25.8 Å². The van der Waals surface area contributed by atoms with Crippen molar-refractivity contribution in [2.24, 2.45) is 11.8 Å². The Morgan fingerprint density at radius 3 is 2.52 bits per heavy atom. The minimum atomic E-state index is -0.779. The maximum Gasteiger partial charge on any atom is 0.303 e. The van der Waals surface area contributed by atoms with Crippen LogP contribution in [-0.4, -0.2) is 33.9 Å². The summed E-state index contributed by atoms with van der Waals surface area (Å²) in [6.45, 7) is 1.44. The molecule has 1 aliphatic carbocycles. The first-order valence-electron chi connectivity index (χ1n) is 7.53. The number of hydrogen-bond acceptors (Lipinski definition) is 4. The van der Waals surface area contributed by atoms with Gasteiger partial charge in [-0.1, -0.05) is 25.3 Å². The molecule has 0 radical (unpaired) electrons. The van der Waals surface area contributed by atoms with Gasteiger partial charge in [-0.2, -0.15) is 0 Å². The summed E-state index contributed by atoms with van der Waals surface area (Å²) in [6, 6.07) is 0. The summed E-state index contributed by atoms with van der Waals surface area (Å²) in [5, 5.41) is 18.4. The fourth-order valence-electron chi connectivity index (χ4n) is 2.83. The van der Waals surface area contributed by atoms with Crippen LogP contribution in [0.15, 0.2) is 12.2 Å². The molecule has 0 aromatic carbocycles. The molecule has 0 unspecified atom stereocenters. The van der Waals surface area contributed by atoms with E-state index < -0.39 is 12.1 Å². The molecule has 1 fully saturated rings. The molecule has 0 aliphatic heterocycles. The van der Waals surface area contributed by atoms with Gasteiger partial charge in [0.25, 0.3) is 0 Å². The van der Waals surface area contributed by atoms with E-state index in [9.17, 15) is 19.5 Å². The lowest BCUT2D eigenvalue weighted by atomic mass is 9.88. The third kappa shape index (κ3) is 6.21. The first-order valence-corrected chi connectivity index (χ1v) is 7.53. The van der Waals surface area contributed by atoms with Gasteiger partial charge in [0, 0.05) is 24.7 Å². The topological polar surface area (TPSA) is 91.7 Å². The number of carbonyl (C=O) groups excluding carboxylic acids is 2. The van der Waals surface area contributed by atoms with Crippen molar-refractivity contribution in [2.45, 2.75) is 58.0 Å². The molecule has 1 saturated carbocycles. The minimum absolute atomic E-state index is 0.0613. The summed E-state index contributed by atoms with van der Waals surface area (Å²) in [7, 11) is 0. The summed E-state index contributed by atoms with van der Waals surface area (Å²) in [5.74, 6) is -1.28. The number of unbranched alkanes of at least 4 members (excludes halogenated alkanes) is 3. The van der Waals surface area contributed by atoms with Gasteiger partial charge >= 0.3 is 5.97 Å². The fraction of sp³-hybridized carbons (Fsp3) is 0.688. The molecule has 2 N–H and O–H groups in total. The average Bonchev–Trinajstić information content (AvgIpc) is 2.65. The third-order valence-corrected chi connectivity index (χ3v) is 3.94. The van der Waals surface area contributed by atoms with Gasteiger partial charge in [0.15, 0.2) is 5.78 Å². The van der Waals surface area contributed by atoms with Crippen molar-refractivity contribution in [3.05, 3.63) is 12.2 Å². The maximum absolute atomic E-state index is 11.9. The zero-order valence-electron chi connectivity index (χ0n) is 12.5. The number of carbonyl (C=O) groups is 3. The van der Waals surface area contributed by atoms with E-state index in [1.54, 1.807) is 6.08 Å². The number of rotatable bonds is 9. The van der Waals surface area contributed by atoms with Crippen LogP contribution in [0, 0.1) is 11.8 Å². The van der Waals surface area contributed by atoms with E-state index in [0.29, 0.717) is 12.8 Å². The van der Waals surface area contributed by atoms with Gasteiger partial charge in [-0.15, -0.1) is 0 Å². The second kappa shape index (κ2) is 8.72. The van der Waals surface area contributed by atoms with Crippen molar-refractivity contribution in [3.8, 4) is 0 Å². The number of hydrogen-bond donors (Lipinski definition) is 2. The molecule has 5 nitrogen and oxygen atoms in total. The Morgan fingerprint density at radius 2 is 1.90 bits per heavy atom. The van der Waals surface area contributed by atoms with Crippen LogP contribution in [0.3, 0.4) is 0 Å². The summed E-state index contributed by atoms with van der Waals surface area (Å²) < 4.78 is 0. The van der Waals surface area contributed by atoms with Crippen molar-refractivity contribution >= 4 is 17.5 Å². The zero-order chi connectivity index (χ0) is 15.8. The van der Waals surface area contributed by atoms with Gasteiger partial charge in [-0.25, -0.2) is 0 Å². The molecule has 1 rings (SSSR count). The van der Waals surface area contributed by atoms with E-state index in [0.717, 1.165) is 19.3 Å². The Balaban J connectivity index is 2.38. The molecule has 3 atom stereocenters. The SMILES string of the molecule is CC(=O)/C=C/[C@H]1[C@H](O)CC(=O)[C@H]1CCCCCCC(=O)O. The van der Waals surface area contributed by atoms with Crippen LogP contribution in [0.4, 0.5) is 0 Å². The predicted octanol–water partition coefficient (Wildman–Crippen LogP) is 2.12. The molecule has 0 bridgehead atoms. The van der Waals surface area contributed by atoms with E-state index >= 15 is 0 Å². The Labute approximate surface area is 125 Å². The first kappa shape index (κ1) is 17.6. The highest BCUT2D eigenvalue weighted by Gasteiger charge is 2.39. The van der Waals surface area contributed by atoms with Gasteiger partial charge in [-0.3, -0.25) is 14.4 Å². The molecule has 0 aromatic rings. The Morgan fingerprint density at radius 1 is 1.24 bits per heavy atom. The second-order valence-electron chi connectivity index (χ2n) is 5.74. The number of Topliss-reactive ketones (excluding diaryl/α,β-unsaturated/α-hetero) is 1. The number of carboxylic acids is 1. The average molecular weight is 296 g/mol. The summed E-state index contributed by atoms with van der Waals surface area (Å²) in [5.41, 5.74) is 0. The van der Waals surface area contributed by atoms with Crippen LogP contribution in [0.1, 0.15) is 51.9 Å². The van der Waals surface area contributed by atoms with E-state index in [1.807, 2.05) is 0 Å². The van der Waals surface area contributed by atoms with E-state index in [1.165, 1.54) is 13.0 Å². The molecule has 1 aliphatic rings. The minimum Gasteiger partial charge on any atom is -0.481 e. The number of ketones is 2. The van der Waals surface area contributed by atoms with Crippen LogP contribution < -0.4 is 0 Å². The van der Waals surface area contributed by atoms with Gasteiger partial charge < -0.3 is 10.2 Å². The highest BCUT2D eigenvalue weighted by atomic mass is 16.4. The van der Waals surface area contributed by atoms with Crippen LogP contribution in [0.5, 0.6) is 0 Å². The van der Waals surface area contributed by atoms with Crippen LogP contribution >= 0.6 is 0 Å². The van der Waals surface area contributed by atoms with E-state index in [4.69, 9.17) is 5.11 Å². The molecule has 21 heavy (non-hydrogen) atoms. The maximum atomic E-state index is 11.9. The number of aliphatic hydroxyl groups excluding tert-OH is 1. The van der Waals surface area contributed by atoms with Gasteiger partial charge in [0.05, 0.1) is 6.10 Å². The number of aliphatic hydroxyl groups is 1. The zero-order valence-corrected chi connectivity index (χ0v) is 12.5. The number of allylic oxidation sites excluding steroid dienone is 1. The van der Waals surface area contributed by atoms with E-state index in [-0.39, 0.29) is 36.2 Å². The van der Waals surface area contributed by atoms with E-state index in [2.05, 4.69) is 0 Å². The number of carboxylic acid groups (broad SMARTS) is 1. The highest BCUT2D eigenvalue weighted by Crippen LogP contribution is 2.34. The molecule has 0 aromatic heterocycles. The molecular formula is C16H24O5. The molecule has 5 heteroatoms. The fourth-order valence-corrected chi connectivity index (χ4v) is 2.83. The molecule has 0 heterocycles. The smallest absolute Gasteiger partial charge is 0.303 e. The largest absolute Gasteiger partial charge is 0.481 e. The van der Waals surface area contributed by atoms with Crippen molar-refractivity contribution in [2.75, 3.05) is 0 Å². The van der Waals surface area contributed by atoms with Crippen molar-refractivity contribution in [1.82, 2.24) is 0 Å². The van der Waals surface area contributed by atoms with Crippen LogP contribution in [0.2, 0.25) is 0 Å². The Bertz CT molecular complexity index is 413. The van der Waals surface area contributed by atoms with Crippen LogP contribution in [0.25, 0.3) is 0 Å². The predicted molar refractivity (Wildman–Crippen MR) is 77.8 cm³/mol. The van der Waals surface area contributed by atoms with Crippen molar-refractivity contribution < 1.29 is 24.6 Å². The lowest BCUT2D eigenvalue weighted by Gasteiger charge is -2.17. The molecule has 0 spiro atoms. The first-order chi connectivity index (χ1) is 9.91. The normalized spacial score (nSPS) is 25.6. The Kier molecular flexibility index (Phi) is 7.29. The van der Waals surface area contributed by atoms with Gasteiger partial charge in [0.2, 0.25) is 0 Å². The quantitative estimate of drug-likeness (QED) is 0.502. The monoisotopic (exact) mass is 296 g/mol. The lowest BCUT2D eigenvalue weighted by Crippen LogP contribution is -2.18. The second-order valence-corrected chi connectivity index (χ2v) is 5.74. The molecule has 118 valence electrons. The Hall–Kier alpha value is -1.49. The summed E-state index contributed by atoms with van der Waals surface area (Å²) in [4.78, 5) is 33.3. The van der Waals surface area contributed by atoms with Crippen molar-refractivity contribution in [3.63, 3.8) is 0 Å². The van der Waals surface area contributed by atoms with Crippen LogP contribution in [-0.2, 0) is 14.4 Å². The molecular weight excluding hydrogens is 272 g/mol. The molecule has 0 saturated heterocycles. The third-order valence-electron chi connectivity index (χ3n) is 3.94. The summed E-state index contributed by atoms with van der Waals surface area (Å²) in [6.07, 6.45) is 6.65. The summed E-state index contributed by atoms with van der Waals surface area (Å²) >= 11 is 0. The van der Waals surface area contributed by atoms with Gasteiger partial charge in [0.1, 0.15) is 5.78 Å².